The molecule has 0 bridgehead atoms. The Labute approximate surface area is 180 Å². The minimum atomic E-state index is -0.300. The van der Waals surface area contributed by atoms with Crippen molar-refractivity contribution in [2.75, 3.05) is 5.32 Å². The highest BCUT2D eigenvalue weighted by Gasteiger charge is 2.21. The quantitative estimate of drug-likeness (QED) is 0.454. The second-order valence-electron chi connectivity index (χ2n) is 8.32. The van der Waals surface area contributed by atoms with E-state index >= 15 is 0 Å². The molecule has 2 aromatic heterocycles. The summed E-state index contributed by atoms with van der Waals surface area (Å²) in [7, 11) is 1.81. The summed E-state index contributed by atoms with van der Waals surface area (Å²) in [5, 5.41) is 8.83. The lowest BCUT2D eigenvalue weighted by Gasteiger charge is -2.22. The van der Waals surface area contributed by atoms with Crippen molar-refractivity contribution in [2.45, 2.75) is 26.2 Å². The molecule has 2 heterocycles. The molecular weight excluding hydrogens is 396 g/mol. The molecular formula is C24H23ClN4O. The first kappa shape index (κ1) is 20.1. The smallest absolute Gasteiger partial charge is 0.258 e. The molecule has 4 rings (SSSR count). The zero-order valence-electron chi connectivity index (χ0n) is 17.4. The molecule has 0 unspecified atom stereocenters. The summed E-state index contributed by atoms with van der Waals surface area (Å²) in [6.45, 7) is 6.52. The molecule has 2 aromatic carbocycles. The van der Waals surface area contributed by atoms with Crippen LogP contribution in [0.5, 0.6) is 0 Å². The van der Waals surface area contributed by atoms with Gasteiger partial charge in [0.15, 0.2) is 0 Å². The van der Waals surface area contributed by atoms with E-state index in [-0.39, 0.29) is 11.3 Å². The van der Waals surface area contributed by atoms with Crippen LogP contribution in [0.4, 0.5) is 5.82 Å². The van der Waals surface area contributed by atoms with Crippen LogP contribution in [0, 0.1) is 0 Å². The summed E-state index contributed by atoms with van der Waals surface area (Å²) < 4.78 is 1.67. The van der Waals surface area contributed by atoms with Gasteiger partial charge in [0.1, 0.15) is 5.82 Å². The minimum absolute atomic E-state index is 0.0247. The van der Waals surface area contributed by atoms with Gasteiger partial charge in [-0.2, -0.15) is 5.10 Å². The Hall–Kier alpha value is -3.18. The monoisotopic (exact) mass is 418 g/mol. The van der Waals surface area contributed by atoms with Crippen LogP contribution in [-0.4, -0.2) is 20.7 Å². The molecule has 30 heavy (non-hydrogen) atoms. The number of pyridine rings is 1. The summed E-state index contributed by atoms with van der Waals surface area (Å²) in [5.41, 5.74) is 4.13. The van der Waals surface area contributed by atoms with Gasteiger partial charge in [-0.15, -0.1) is 0 Å². The van der Waals surface area contributed by atoms with Crippen LogP contribution < -0.4 is 5.32 Å². The van der Waals surface area contributed by atoms with Gasteiger partial charge in [0.25, 0.3) is 5.91 Å². The highest BCUT2D eigenvalue weighted by molar-refractivity contribution is 6.35. The summed E-state index contributed by atoms with van der Waals surface area (Å²) in [5.74, 6) is 0.294. The molecule has 0 fully saturated rings. The van der Waals surface area contributed by atoms with Gasteiger partial charge in [-0.3, -0.25) is 14.5 Å². The fourth-order valence-corrected chi connectivity index (χ4v) is 3.78. The van der Waals surface area contributed by atoms with Crippen molar-refractivity contribution in [2.24, 2.45) is 7.05 Å². The number of nitrogens with one attached hydrogen (secondary N) is 1. The number of rotatable bonds is 3. The van der Waals surface area contributed by atoms with Gasteiger partial charge in [-0.25, -0.2) is 0 Å². The van der Waals surface area contributed by atoms with Gasteiger partial charge in [0.2, 0.25) is 0 Å². The Morgan fingerprint density at radius 2 is 1.83 bits per heavy atom. The molecule has 4 aromatic rings. The molecule has 5 nitrogen and oxygen atoms in total. The first-order valence-electron chi connectivity index (χ1n) is 9.73. The number of carbonyl (C=O) groups excluding carboxylic acids is 1. The fraction of sp³-hybridized carbons (Fsp3) is 0.208. The van der Waals surface area contributed by atoms with E-state index in [1.807, 2.05) is 37.4 Å². The van der Waals surface area contributed by atoms with Crippen molar-refractivity contribution >= 4 is 34.2 Å². The Morgan fingerprint density at radius 1 is 1.07 bits per heavy atom. The molecule has 0 aliphatic heterocycles. The Balaban J connectivity index is 1.67. The number of hydrogen-bond acceptors (Lipinski definition) is 3. The van der Waals surface area contributed by atoms with E-state index in [2.05, 4.69) is 48.3 Å². The van der Waals surface area contributed by atoms with Gasteiger partial charge >= 0.3 is 0 Å². The van der Waals surface area contributed by atoms with Crippen LogP contribution in [0.3, 0.4) is 0 Å². The van der Waals surface area contributed by atoms with Crippen molar-refractivity contribution in [1.29, 1.82) is 0 Å². The number of aromatic nitrogens is 3. The maximum absolute atomic E-state index is 12.9. The van der Waals surface area contributed by atoms with Gasteiger partial charge in [-0.05, 0) is 29.2 Å². The van der Waals surface area contributed by atoms with Crippen molar-refractivity contribution in [3.63, 3.8) is 0 Å². The van der Waals surface area contributed by atoms with Crippen molar-refractivity contribution in [3.8, 4) is 11.3 Å². The topological polar surface area (TPSA) is 59.8 Å². The third-order valence-corrected chi connectivity index (χ3v) is 5.38. The summed E-state index contributed by atoms with van der Waals surface area (Å²) in [4.78, 5) is 17.2. The maximum Gasteiger partial charge on any atom is 0.258 e. The number of amides is 1. The molecule has 0 aliphatic carbocycles. The van der Waals surface area contributed by atoms with Gasteiger partial charge < -0.3 is 5.32 Å². The number of fused-ring (bicyclic) bond motifs is 1. The maximum atomic E-state index is 12.9. The van der Waals surface area contributed by atoms with E-state index in [0.29, 0.717) is 16.4 Å². The first-order valence-corrected chi connectivity index (χ1v) is 10.1. The van der Waals surface area contributed by atoms with Gasteiger partial charge in [0.05, 0.1) is 21.8 Å². The van der Waals surface area contributed by atoms with E-state index in [0.717, 1.165) is 22.2 Å². The molecule has 0 saturated heterocycles. The van der Waals surface area contributed by atoms with Crippen LogP contribution in [0.15, 0.2) is 60.8 Å². The second kappa shape index (κ2) is 7.58. The lowest BCUT2D eigenvalue weighted by Crippen LogP contribution is -2.15. The van der Waals surface area contributed by atoms with E-state index in [1.54, 1.807) is 23.0 Å². The molecule has 152 valence electrons. The zero-order valence-corrected chi connectivity index (χ0v) is 18.2. The van der Waals surface area contributed by atoms with E-state index in [1.165, 1.54) is 5.56 Å². The molecule has 0 radical (unpaired) electrons. The normalized spacial score (nSPS) is 11.6. The first-order chi connectivity index (χ1) is 14.2. The highest BCUT2D eigenvalue weighted by atomic mass is 35.5. The average molecular weight is 419 g/mol. The Bertz CT molecular complexity index is 1250. The SMILES string of the molecule is Cn1nc(-c2ccccc2C(C)(C)C)cc1NC(=O)c1cc2ncccc2cc1Cl. The van der Waals surface area contributed by atoms with Gasteiger partial charge in [-0.1, -0.05) is 62.7 Å². The predicted molar refractivity (Wildman–Crippen MR) is 122 cm³/mol. The molecule has 1 amide bonds. The van der Waals surface area contributed by atoms with Crippen LogP contribution >= 0.6 is 11.6 Å². The fourth-order valence-electron chi connectivity index (χ4n) is 3.53. The number of nitrogens with zero attached hydrogens (tertiary/aromatic N) is 3. The van der Waals surface area contributed by atoms with Gasteiger partial charge in [0, 0.05) is 30.3 Å². The summed E-state index contributed by atoms with van der Waals surface area (Å²) >= 11 is 6.37. The number of carbonyl (C=O) groups is 1. The molecule has 0 spiro atoms. The molecule has 0 atom stereocenters. The number of aryl methyl sites for hydroxylation is 1. The van der Waals surface area contributed by atoms with Crippen LogP contribution in [0.1, 0.15) is 36.7 Å². The number of hydrogen-bond donors (Lipinski definition) is 1. The van der Waals surface area contributed by atoms with E-state index in [4.69, 9.17) is 11.6 Å². The zero-order chi connectivity index (χ0) is 21.5. The van der Waals surface area contributed by atoms with Crippen molar-refractivity contribution in [3.05, 3.63) is 76.9 Å². The van der Waals surface area contributed by atoms with Crippen molar-refractivity contribution in [1.82, 2.24) is 14.8 Å². The molecule has 0 saturated carbocycles. The molecule has 1 N–H and O–H groups in total. The Kier molecular flexibility index (Phi) is 5.08. The predicted octanol–water partition coefficient (Wildman–Crippen LogP) is 5.84. The third kappa shape index (κ3) is 3.81. The number of benzene rings is 2. The van der Waals surface area contributed by atoms with Crippen LogP contribution in [0.2, 0.25) is 5.02 Å². The number of anilines is 1. The lowest BCUT2D eigenvalue weighted by molar-refractivity contribution is 0.102. The van der Waals surface area contributed by atoms with Crippen LogP contribution in [0.25, 0.3) is 22.2 Å². The number of halogens is 1. The largest absolute Gasteiger partial charge is 0.307 e. The van der Waals surface area contributed by atoms with E-state index < -0.39 is 0 Å². The third-order valence-electron chi connectivity index (χ3n) is 5.07. The lowest BCUT2D eigenvalue weighted by atomic mass is 9.83. The average Bonchev–Trinajstić information content (AvgIpc) is 3.07. The molecule has 0 aliphatic rings. The Morgan fingerprint density at radius 3 is 2.60 bits per heavy atom. The standard InChI is InChI=1S/C24H23ClN4O/c1-24(2,3)18-10-6-5-9-16(18)21-14-22(29(4)28-21)27-23(30)17-13-20-15(12-19(17)25)8-7-11-26-20/h5-14H,1-4H3,(H,27,30). The summed E-state index contributed by atoms with van der Waals surface area (Å²) in [6.07, 6.45) is 1.69. The second-order valence-corrected chi connectivity index (χ2v) is 8.72. The van der Waals surface area contributed by atoms with Crippen molar-refractivity contribution < 1.29 is 4.79 Å². The van der Waals surface area contributed by atoms with E-state index in [9.17, 15) is 4.79 Å². The summed E-state index contributed by atoms with van der Waals surface area (Å²) in [6, 6.07) is 17.3. The van der Waals surface area contributed by atoms with Crippen LogP contribution in [-0.2, 0) is 12.5 Å². The minimum Gasteiger partial charge on any atom is -0.307 e. The highest BCUT2D eigenvalue weighted by Crippen LogP contribution is 2.33. The molecule has 6 heteroatoms.